The zero-order valence-corrected chi connectivity index (χ0v) is 10.9. The number of benzene rings is 1. The van der Waals surface area contributed by atoms with E-state index in [0.717, 1.165) is 18.1 Å². The van der Waals surface area contributed by atoms with Crippen molar-refractivity contribution < 1.29 is 0 Å². The maximum atomic E-state index is 6.04. The van der Waals surface area contributed by atoms with Crippen LogP contribution in [0.5, 0.6) is 0 Å². The van der Waals surface area contributed by atoms with Crippen LogP contribution in [0.25, 0.3) is 0 Å². The molecule has 0 radical (unpaired) electrons. The summed E-state index contributed by atoms with van der Waals surface area (Å²) < 4.78 is 0. The minimum absolute atomic E-state index is 0.162. The molecule has 16 heavy (non-hydrogen) atoms. The monoisotopic (exact) mass is 238 g/mol. The molecule has 0 aliphatic carbocycles. The van der Waals surface area contributed by atoms with Crippen molar-refractivity contribution in [2.45, 2.75) is 32.4 Å². The van der Waals surface area contributed by atoms with Gasteiger partial charge in [-0.25, -0.2) is 0 Å². The first-order chi connectivity index (χ1) is 7.48. The van der Waals surface area contributed by atoms with Gasteiger partial charge in [-0.1, -0.05) is 17.7 Å². The van der Waals surface area contributed by atoms with Crippen LogP contribution < -0.4 is 10.2 Å². The van der Waals surface area contributed by atoms with E-state index in [-0.39, 0.29) is 5.54 Å². The van der Waals surface area contributed by atoms with Crippen molar-refractivity contribution in [2.24, 2.45) is 0 Å². The van der Waals surface area contributed by atoms with E-state index in [1.807, 2.05) is 18.2 Å². The van der Waals surface area contributed by atoms with Gasteiger partial charge in [0.25, 0.3) is 0 Å². The first-order valence-electron chi connectivity index (χ1n) is 5.75. The maximum Gasteiger partial charge on any atom is 0.0426 e. The number of piperazine rings is 1. The first-order valence-corrected chi connectivity index (χ1v) is 6.13. The molecule has 0 spiro atoms. The fraction of sp³-hybridized carbons (Fsp3) is 0.538. The van der Waals surface area contributed by atoms with E-state index in [9.17, 15) is 0 Å². The van der Waals surface area contributed by atoms with Gasteiger partial charge >= 0.3 is 0 Å². The topological polar surface area (TPSA) is 15.3 Å². The van der Waals surface area contributed by atoms with Crippen LogP contribution in [0, 0.1) is 0 Å². The molecule has 2 nitrogen and oxygen atoms in total. The highest BCUT2D eigenvalue weighted by Crippen LogP contribution is 2.25. The van der Waals surface area contributed by atoms with Gasteiger partial charge in [0.05, 0.1) is 0 Å². The zero-order chi connectivity index (χ0) is 11.8. The molecule has 1 aliphatic rings. The van der Waals surface area contributed by atoms with Crippen molar-refractivity contribution in [1.29, 1.82) is 0 Å². The van der Waals surface area contributed by atoms with Gasteiger partial charge in [0.2, 0.25) is 0 Å². The lowest BCUT2D eigenvalue weighted by Crippen LogP contribution is -2.61. The van der Waals surface area contributed by atoms with Crippen LogP contribution in [0.15, 0.2) is 24.3 Å². The van der Waals surface area contributed by atoms with E-state index in [1.165, 1.54) is 5.69 Å². The summed E-state index contributed by atoms with van der Waals surface area (Å²) in [6.45, 7) is 8.73. The van der Waals surface area contributed by atoms with Crippen molar-refractivity contribution in [2.75, 3.05) is 18.0 Å². The quantitative estimate of drug-likeness (QED) is 0.810. The van der Waals surface area contributed by atoms with Gasteiger partial charge in [-0.05, 0) is 39.0 Å². The Hall–Kier alpha value is -0.730. The summed E-state index contributed by atoms with van der Waals surface area (Å²) in [5, 5.41) is 4.35. The van der Waals surface area contributed by atoms with Gasteiger partial charge < -0.3 is 10.2 Å². The van der Waals surface area contributed by atoms with Crippen LogP contribution in [0.3, 0.4) is 0 Å². The van der Waals surface area contributed by atoms with E-state index >= 15 is 0 Å². The Morgan fingerprint density at radius 1 is 1.44 bits per heavy atom. The van der Waals surface area contributed by atoms with Crippen molar-refractivity contribution in [1.82, 2.24) is 5.32 Å². The van der Waals surface area contributed by atoms with Crippen LogP contribution in [0.2, 0.25) is 5.02 Å². The van der Waals surface area contributed by atoms with Crippen LogP contribution in [0.4, 0.5) is 5.69 Å². The zero-order valence-electron chi connectivity index (χ0n) is 10.1. The smallest absolute Gasteiger partial charge is 0.0426 e. The molecule has 1 fully saturated rings. The molecule has 1 aromatic carbocycles. The fourth-order valence-corrected chi connectivity index (χ4v) is 2.36. The summed E-state index contributed by atoms with van der Waals surface area (Å²) in [6, 6.07) is 8.61. The number of nitrogens with zero attached hydrogens (tertiary/aromatic N) is 1. The lowest BCUT2D eigenvalue weighted by Gasteiger charge is -2.44. The summed E-state index contributed by atoms with van der Waals surface area (Å²) in [4.78, 5) is 2.42. The largest absolute Gasteiger partial charge is 0.366 e. The molecule has 0 aromatic heterocycles. The third-order valence-electron chi connectivity index (χ3n) is 3.11. The van der Waals surface area contributed by atoms with Crippen LogP contribution in [0.1, 0.15) is 20.8 Å². The second-order valence-electron chi connectivity index (χ2n) is 5.22. The van der Waals surface area contributed by atoms with E-state index in [2.05, 4.69) is 37.1 Å². The second kappa shape index (κ2) is 4.27. The predicted molar refractivity (Wildman–Crippen MR) is 70.3 cm³/mol. The van der Waals surface area contributed by atoms with Gasteiger partial charge in [0.1, 0.15) is 0 Å². The third-order valence-corrected chi connectivity index (χ3v) is 3.35. The van der Waals surface area contributed by atoms with E-state index in [4.69, 9.17) is 11.6 Å². The summed E-state index contributed by atoms with van der Waals surface area (Å²) in [5.74, 6) is 0. The van der Waals surface area contributed by atoms with Gasteiger partial charge in [0.15, 0.2) is 0 Å². The van der Waals surface area contributed by atoms with Gasteiger partial charge in [-0.3, -0.25) is 0 Å². The number of rotatable bonds is 1. The van der Waals surface area contributed by atoms with Crippen LogP contribution in [-0.2, 0) is 0 Å². The highest BCUT2D eigenvalue weighted by atomic mass is 35.5. The summed E-state index contributed by atoms with van der Waals surface area (Å²) in [7, 11) is 0. The molecular formula is C13H19ClN2. The maximum absolute atomic E-state index is 6.04. The Kier molecular flexibility index (Phi) is 3.13. The van der Waals surface area contributed by atoms with Crippen LogP contribution >= 0.6 is 11.6 Å². The fourth-order valence-electron chi connectivity index (χ4n) is 2.17. The third kappa shape index (κ3) is 2.50. The Bertz CT molecular complexity index is 376. The van der Waals surface area contributed by atoms with Gasteiger partial charge in [-0.15, -0.1) is 0 Å². The molecule has 1 aliphatic heterocycles. The standard InChI is InChI=1S/C13H19ClN2/c1-10-8-15-13(2,3)9-16(10)12-6-4-5-11(14)7-12/h4-7,10,15H,8-9H2,1-3H3. The highest BCUT2D eigenvalue weighted by molar-refractivity contribution is 6.30. The molecule has 2 rings (SSSR count). The average molecular weight is 239 g/mol. The Morgan fingerprint density at radius 2 is 2.19 bits per heavy atom. The number of anilines is 1. The normalized spacial score (nSPS) is 24.5. The van der Waals surface area contributed by atoms with Gasteiger partial charge in [-0.2, -0.15) is 0 Å². The number of nitrogens with one attached hydrogen (secondary N) is 1. The first kappa shape index (κ1) is 11.7. The molecule has 1 aromatic rings. The Balaban J connectivity index is 2.25. The van der Waals surface area contributed by atoms with Gasteiger partial charge in [0, 0.05) is 35.4 Å². The summed E-state index contributed by atoms with van der Waals surface area (Å²) in [6.07, 6.45) is 0. The highest BCUT2D eigenvalue weighted by Gasteiger charge is 2.30. The summed E-state index contributed by atoms with van der Waals surface area (Å²) in [5.41, 5.74) is 1.38. The molecule has 0 bridgehead atoms. The minimum Gasteiger partial charge on any atom is -0.366 e. The molecule has 0 amide bonds. The van der Waals surface area contributed by atoms with Crippen LogP contribution in [-0.4, -0.2) is 24.7 Å². The van der Waals surface area contributed by atoms with E-state index in [1.54, 1.807) is 0 Å². The molecule has 1 atom stereocenters. The second-order valence-corrected chi connectivity index (χ2v) is 5.66. The molecule has 3 heteroatoms. The molecular weight excluding hydrogens is 220 g/mol. The molecule has 1 unspecified atom stereocenters. The predicted octanol–water partition coefficient (Wildman–Crippen LogP) is 2.92. The summed E-state index contributed by atoms with van der Waals surface area (Å²) >= 11 is 6.04. The van der Waals surface area contributed by atoms with Crippen molar-refractivity contribution in [3.05, 3.63) is 29.3 Å². The SMILES string of the molecule is CC1CNC(C)(C)CN1c1cccc(Cl)c1. The lowest BCUT2D eigenvalue weighted by molar-refractivity contribution is 0.318. The molecule has 1 saturated heterocycles. The molecule has 1 N–H and O–H groups in total. The van der Waals surface area contributed by atoms with Crippen molar-refractivity contribution >= 4 is 17.3 Å². The molecule has 88 valence electrons. The van der Waals surface area contributed by atoms with E-state index < -0.39 is 0 Å². The minimum atomic E-state index is 0.162. The van der Waals surface area contributed by atoms with Crippen molar-refractivity contribution in [3.8, 4) is 0 Å². The molecule has 1 heterocycles. The van der Waals surface area contributed by atoms with E-state index in [0.29, 0.717) is 6.04 Å². The number of halogens is 1. The Morgan fingerprint density at radius 3 is 2.88 bits per heavy atom. The van der Waals surface area contributed by atoms with Crippen molar-refractivity contribution in [3.63, 3.8) is 0 Å². The molecule has 0 saturated carbocycles. The average Bonchev–Trinajstić information content (AvgIpc) is 2.22. The number of hydrogen-bond acceptors (Lipinski definition) is 2. The lowest BCUT2D eigenvalue weighted by atomic mass is 9.98. The Labute approximate surface area is 103 Å². The number of hydrogen-bond donors (Lipinski definition) is 1.